The Hall–Kier alpha value is -4.20. The zero-order valence-corrected chi connectivity index (χ0v) is 17.1. The minimum atomic E-state index is -0.723. The van der Waals surface area contributed by atoms with Crippen molar-refractivity contribution >= 4 is 23.8 Å². The van der Waals surface area contributed by atoms with Crippen LogP contribution in [0.5, 0.6) is 0 Å². The predicted molar refractivity (Wildman–Crippen MR) is 116 cm³/mol. The minimum Gasteiger partial charge on any atom is -0.465 e. The summed E-state index contributed by atoms with van der Waals surface area (Å²) in [5.74, 6) is -2.45. The van der Waals surface area contributed by atoms with E-state index in [1.165, 1.54) is 24.5 Å². The first kappa shape index (κ1) is 22.5. The Bertz CT molecular complexity index is 1090. The molecule has 1 atom stereocenters. The molecular formula is C24H22FN3O4. The van der Waals surface area contributed by atoms with Crippen molar-refractivity contribution in [3.63, 3.8) is 0 Å². The third kappa shape index (κ3) is 6.40. The first-order valence-corrected chi connectivity index (χ1v) is 9.86. The largest absolute Gasteiger partial charge is 0.465 e. The monoisotopic (exact) mass is 435 g/mol. The number of benzene rings is 2. The van der Waals surface area contributed by atoms with Gasteiger partial charge in [0.1, 0.15) is 17.3 Å². The van der Waals surface area contributed by atoms with Crippen molar-refractivity contribution in [2.75, 3.05) is 6.54 Å². The van der Waals surface area contributed by atoms with Crippen LogP contribution in [0.3, 0.4) is 0 Å². The molecule has 0 fully saturated rings. The third-order valence-electron chi connectivity index (χ3n) is 4.67. The zero-order chi connectivity index (χ0) is 22.9. The Morgan fingerprint density at radius 2 is 1.72 bits per heavy atom. The lowest BCUT2D eigenvalue weighted by Crippen LogP contribution is -2.40. The van der Waals surface area contributed by atoms with E-state index >= 15 is 0 Å². The molecule has 1 aromatic heterocycles. The second kappa shape index (κ2) is 10.7. The van der Waals surface area contributed by atoms with Crippen LogP contribution in [-0.2, 0) is 16.0 Å². The molecule has 2 aromatic carbocycles. The number of nitrogens with two attached hydrogens (primary N) is 1. The van der Waals surface area contributed by atoms with Crippen LogP contribution in [0, 0.1) is 11.7 Å². The highest BCUT2D eigenvalue weighted by Crippen LogP contribution is 2.11. The van der Waals surface area contributed by atoms with Gasteiger partial charge in [0.05, 0.1) is 12.2 Å². The second-order valence-electron chi connectivity index (χ2n) is 7.03. The minimum absolute atomic E-state index is 0.0567. The van der Waals surface area contributed by atoms with E-state index in [0.717, 1.165) is 0 Å². The molecule has 1 unspecified atom stereocenters. The summed E-state index contributed by atoms with van der Waals surface area (Å²) < 4.78 is 18.4. The molecule has 3 amide bonds. The number of hydrogen-bond donors (Lipinski definition) is 3. The highest BCUT2D eigenvalue weighted by Gasteiger charge is 2.20. The van der Waals surface area contributed by atoms with E-state index in [1.807, 2.05) is 0 Å². The molecule has 0 aliphatic heterocycles. The van der Waals surface area contributed by atoms with Crippen LogP contribution in [0.2, 0.25) is 0 Å². The van der Waals surface area contributed by atoms with Crippen molar-refractivity contribution in [3.05, 3.63) is 101 Å². The van der Waals surface area contributed by atoms with Crippen LogP contribution in [0.4, 0.5) is 4.39 Å². The van der Waals surface area contributed by atoms with E-state index in [0.29, 0.717) is 16.9 Å². The van der Waals surface area contributed by atoms with E-state index in [9.17, 15) is 18.8 Å². The summed E-state index contributed by atoms with van der Waals surface area (Å²) in [6, 6.07) is 17.4. The fourth-order valence-electron chi connectivity index (χ4n) is 2.95. The van der Waals surface area contributed by atoms with Gasteiger partial charge in [0.25, 0.3) is 11.8 Å². The highest BCUT2D eigenvalue weighted by atomic mass is 19.1. The summed E-state index contributed by atoms with van der Waals surface area (Å²) in [5.41, 5.74) is 6.50. The van der Waals surface area contributed by atoms with Crippen LogP contribution in [0.15, 0.2) is 83.1 Å². The molecule has 0 saturated carbocycles. The maximum atomic E-state index is 13.1. The molecule has 7 nitrogen and oxygen atoms in total. The van der Waals surface area contributed by atoms with Gasteiger partial charge in [0.2, 0.25) is 5.91 Å². The number of rotatable bonds is 9. The Labute approximate surface area is 184 Å². The number of nitrogens with one attached hydrogen (secondary N) is 2. The number of hydrogen-bond acceptors (Lipinski definition) is 4. The van der Waals surface area contributed by atoms with Gasteiger partial charge in [-0.15, -0.1) is 0 Å². The zero-order valence-electron chi connectivity index (χ0n) is 17.1. The first-order valence-electron chi connectivity index (χ1n) is 9.86. The molecule has 0 spiro atoms. The lowest BCUT2D eigenvalue weighted by molar-refractivity contribution is -0.122. The Kier molecular flexibility index (Phi) is 7.53. The predicted octanol–water partition coefficient (Wildman–Crippen LogP) is 2.65. The summed E-state index contributed by atoms with van der Waals surface area (Å²) in [6.45, 7) is -0.0672. The van der Waals surface area contributed by atoms with E-state index in [1.54, 1.807) is 54.6 Å². The maximum Gasteiger partial charge on any atom is 0.267 e. The second-order valence-corrected chi connectivity index (χ2v) is 7.03. The van der Waals surface area contributed by atoms with E-state index in [-0.39, 0.29) is 24.5 Å². The molecule has 1 heterocycles. The van der Waals surface area contributed by atoms with Gasteiger partial charge in [-0.25, -0.2) is 4.39 Å². The molecule has 3 rings (SSSR count). The van der Waals surface area contributed by atoms with Gasteiger partial charge in [-0.05, 0) is 48.4 Å². The van der Waals surface area contributed by atoms with E-state index < -0.39 is 23.6 Å². The molecule has 0 bridgehead atoms. The molecule has 0 aliphatic carbocycles. The van der Waals surface area contributed by atoms with Crippen molar-refractivity contribution in [1.82, 2.24) is 10.6 Å². The van der Waals surface area contributed by atoms with Gasteiger partial charge < -0.3 is 20.8 Å². The summed E-state index contributed by atoms with van der Waals surface area (Å²) in [7, 11) is 0. The summed E-state index contributed by atoms with van der Waals surface area (Å²) in [6.07, 6.45) is 3.05. The van der Waals surface area contributed by atoms with Crippen molar-refractivity contribution in [1.29, 1.82) is 0 Å². The third-order valence-corrected chi connectivity index (χ3v) is 4.67. The number of halogens is 1. The Morgan fingerprint density at radius 3 is 2.34 bits per heavy atom. The molecule has 8 heteroatoms. The average molecular weight is 435 g/mol. The molecule has 0 aliphatic rings. The highest BCUT2D eigenvalue weighted by molar-refractivity contribution is 6.05. The van der Waals surface area contributed by atoms with Crippen LogP contribution < -0.4 is 16.4 Å². The van der Waals surface area contributed by atoms with Gasteiger partial charge in [0.15, 0.2) is 0 Å². The van der Waals surface area contributed by atoms with Gasteiger partial charge in [-0.2, -0.15) is 0 Å². The van der Waals surface area contributed by atoms with Gasteiger partial charge in [0, 0.05) is 18.2 Å². The number of furan rings is 1. The van der Waals surface area contributed by atoms with Crippen molar-refractivity contribution < 1.29 is 23.2 Å². The first-order chi connectivity index (χ1) is 15.4. The Balaban J connectivity index is 1.71. The Morgan fingerprint density at radius 1 is 1.00 bits per heavy atom. The van der Waals surface area contributed by atoms with Gasteiger partial charge in [-0.1, -0.05) is 30.3 Å². The lowest BCUT2D eigenvalue weighted by Gasteiger charge is -2.16. The average Bonchev–Trinajstić information content (AvgIpc) is 3.30. The van der Waals surface area contributed by atoms with Crippen molar-refractivity contribution in [3.8, 4) is 0 Å². The topological polar surface area (TPSA) is 114 Å². The van der Waals surface area contributed by atoms with Crippen molar-refractivity contribution in [2.24, 2.45) is 11.7 Å². The molecule has 0 radical (unpaired) electrons. The van der Waals surface area contributed by atoms with Crippen LogP contribution in [0.1, 0.15) is 21.7 Å². The molecule has 3 aromatic rings. The van der Waals surface area contributed by atoms with Crippen LogP contribution in [-0.4, -0.2) is 24.3 Å². The number of carbonyl (C=O) groups excluding carboxylic acids is 3. The molecule has 164 valence electrons. The van der Waals surface area contributed by atoms with Crippen LogP contribution in [0.25, 0.3) is 6.08 Å². The standard InChI is InChI=1S/C24H22FN3O4/c25-19-10-8-16(9-11-19)13-18(22(26)29)15-27-24(31)21(14-20-7-4-12-32-20)28-23(30)17-5-2-1-3-6-17/h1-12,14,18H,13,15H2,(H2,26,29)(H,27,31)(H,28,30). The molecular weight excluding hydrogens is 413 g/mol. The summed E-state index contributed by atoms with van der Waals surface area (Å²) in [4.78, 5) is 37.2. The maximum absolute atomic E-state index is 13.1. The van der Waals surface area contributed by atoms with E-state index in [2.05, 4.69) is 10.6 Å². The lowest BCUT2D eigenvalue weighted by atomic mass is 9.98. The smallest absolute Gasteiger partial charge is 0.267 e. The molecule has 0 saturated heterocycles. The van der Waals surface area contributed by atoms with Gasteiger partial charge >= 0.3 is 0 Å². The summed E-state index contributed by atoms with van der Waals surface area (Å²) in [5, 5.41) is 5.20. The number of primary amides is 1. The molecule has 32 heavy (non-hydrogen) atoms. The van der Waals surface area contributed by atoms with Crippen LogP contribution >= 0.6 is 0 Å². The number of carbonyl (C=O) groups is 3. The van der Waals surface area contributed by atoms with E-state index in [4.69, 9.17) is 10.2 Å². The SMILES string of the molecule is NC(=O)C(CNC(=O)C(=Cc1ccco1)NC(=O)c1ccccc1)Cc1ccc(F)cc1. The van der Waals surface area contributed by atoms with Crippen molar-refractivity contribution in [2.45, 2.75) is 6.42 Å². The molecule has 4 N–H and O–H groups in total. The fraction of sp³-hybridized carbons (Fsp3) is 0.125. The fourth-order valence-corrected chi connectivity index (χ4v) is 2.95. The summed E-state index contributed by atoms with van der Waals surface area (Å²) >= 11 is 0. The normalized spacial score (nSPS) is 12.1. The number of amides is 3. The van der Waals surface area contributed by atoms with Gasteiger partial charge in [-0.3, -0.25) is 14.4 Å². The quantitative estimate of drug-likeness (QED) is 0.448.